The number of hydrogen-bond acceptors (Lipinski definition) is 7. The highest BCUT2D eigenvalue weighted by Crippen LogP contribution is 2.21. The van der Waals surface area contributed by atoms with Gasteiger partial charge in [-0.25, -0.2) is 9.18 Å². The van der Waals surface area contributed by atoms with Crippen LogP contribution < -0.4 is 14.8 Å². The average molecular weight is 516 g/mol. The molecule has 2 aromatic carbocycles. The highest BCUT2D eigenvalue weighted by atomic mass is 19.1. The summed E-state index contributed by atoms with van der Waals surface area (Å²) in [6, 6.07) is 13.1. The molecular weight excluding hydrogens is 481 g/mol. The van der Waals surface area contributed by atoms with Crippen molar-refractivity contribution in [2.75, 3.05) is 46.1 Å². The smallest absolute Gasteiger partial charge is 0.325 e. The number of imide groups is 1. The van der Waals surface area contributed by atoms with Gasteiger partial charge in [0, 0.05) is 32.2 Å². The van der Waals surface area contributed by atoms with E-state index in [2.05, 4.69) is 10.2 Å². The number of ether oxygens (including phenoxy) is 3. The van der Waals surface area contributed by atoms with Gasteiger partial charge in [-0.15, -0.1) is 0 Å². The zero-order valence-corrected chi connectivity index (χ0v) is 21.2. The maximum atomic E-state index is 13.4. The van der Waals surface area contributed by atoms with E-state index in [1.807, 2.05) is 24.3 Å². The van der Waals surface area contributed by atoms with Crippen LogP contribution in [0.1, 0.15) is 25.8 Å². The minimum Gasteiger partial charge on any atom is -0.494 e. The lowest BCUT2D eigenvalue weighted by atomic mass is 10.1. The van der Waals surface area contributed by atoms with Crippen LogP contribution in [0, 0.1) is 5.82 Å². The van der Waals surface area contributed by atoms with Crippen molar-refractivity contribution in [1.29, 1.82) is 0 Å². The second-order valence-corrected chi connectivity index (χ2v) is 10.1. The van der Waals surface area contributed by atoms with Gasteiger partial charge in [0.05, 0.1) is 19.8 Å². The van der Waals surface area contributed by atoms with Gasteiger partial charge in [-0.1, -0.05) is 18.2 Å². The second kappa shape index (κ2) is 11.5. The van der Waals surface area contributed by atoms with E-state index in [1.165, 1.54) is 17.0 Å². The number of aliphatic hydroxyl groups is 1. The highest BCUT2D eigenvalue weighted by Gasteiger charge is 2.43. The standard InChI is InChI=1S/C27H34FN3O6/c1-26(2)24(32)31(25(33)29-26)11-4-13-36-22-9-7-20(8-10-22)16-30-12-14-35-18-27(34,17-30)19-37-23-6-3-5-21(28)15-23/h3,5-10,15,34H,4,11-14,16-19H2,1-2H3,(H,29,33)/t27-/m1/s1. The first kappa shape index (κ1) is 26.8. The molecule has 0 unspecified atom stereocenters. The molecule has 2 N–H and O–H groups in total. The molecule has 200 valence electrons. The fourth-order valence-electron chi connectivity index (χ4n) is 4.38. The van der Waals surface area contributed by atoms with E-state index in [0.29, 0.717) is 57.3 Å². The highest BCUT2D eigenvalue weighted by molar-refractivity contribution is 6.06. The molecule has 10 heteroatoms. The van der Waals surface area contributed by atoms with Crippen LogP contribution in [0.3, 0.4) is 0 Å². The summed E-state index contributed by atoms with van der Waals surface area (Å²) in [6.07, 6.45) is 0.529. The van der Waals surface area contributed by atoms with Gasteiger partial charge < -0.3 is 24.6 Å². The number of carbonyl (C=O) groups excluding carboxylic acids is 2. The molecular formula is C27H34FN3O6. The summed E-state index contributed by atoms with van der Waals surface area (Å²) in [5.41, 5.74) is -1.05. The number of amides is 3. The number of halogens is 1. The lowest BCUT2D eigenvalue weighted by molar-refractivity contribution is -0.130. The van der Waals surface area contributed by atoms with Gasteiger partial charge >= 0.3 is 6.03 Å². The van der Waals surface area contributed by atoms with E-state index in [1.54, 1.807) is 26.0 Å². The third kappa shape index (κ3) is 7.18. The Kier molecular flexibility index (Phi) is 8.31. The number of rotatable bonds is 10. The maximum absolute atomic E-state index is 13.4. The van der Waals surface area contributed by atoms with E-state index in [4.69, 9.17) is 14.2 Å². The number of nitrogens with zero attached hydrogens (tertiary/aromatic N) is 2. The summed E-state index contributed by atoms with van der Waals surface area (Å²) in [6.45, 7) is 6.26. The molecule has 2 aliphatic heterocycles. The van der Waals surface area contributed by atoms with Crippen molar-refractivity contribution in [2.45, 2.75) is 38.0 Å². The summed E-state index contributed by atoms with van der Waals surface area (Å²) >= 11 is 0. The predicted molar refractivity (Wildman–Crippen MR) is 134 cm³/mol. The Morgan fingerprint density at radius 1 is 1.11 bits per heavy atom. The Balaban J connectivity index is 1.23. The quantitative estimate of drug-likeness (QED) is 0.371. The van der Waals surface area contributed by atoms with Crippen LogP contribution in [-0.4, -0.2) is 84.0 Å². The fourth-order valence-corrected chi connectivity index (χ4v) is 4.38. The molecule has 3 amide bonds. The lowest BCUT2D eigenvalue weighted by Gasteiger charge is -2.30. The third-order valence-electron chi connectivity index (χ3n) is 6.31. The third-order valence-corrected chi connectivity index (χ3v) is 6.31. The Bertz CT molecular complexity index is 1100. The molecule has 2 aliphatic rings. The summed E-state index contributed by atoms with van der Waals surface area (Å²) < 4.78 is 30.5. The second-order valence-electron chi connectivity index (χ2n) is 10.1. The van der Waals surface area contributed by atoms with Crippen molar-refractivity contribution >= 4 is 11.9 Å². The van der Waals surface area contributed by atoms with E-state index in [9.17, 15) is 19.1 Å². The molecule has 2 aromatic rings. The normalized spacial score (nSPS) is 22.0. The minimum atomic E-state index is -1.23. The van der Waals surface area contributed by atoms with Crippen LogP contribution in [0.2, 0.25) is 0 Å². The number of carbonyl (C=O) groups is 2. The van der Waals surface area contributed by atoms with Crippen LogP contribution in [0.4, 0.5) is 9.18 Å². The zero-order valence-electron chi connectivity index (χ0n) is 21.2. The molecule has 0 radical (unpaired) electrons. The van der Waals surface area contributed by atoms with Crippen molar-refractivity contribution < 1.29 is 33.3 Å². The molecule has 0 bridgehead atoms. The van der Waals surface area contributed by atoms with E-state index >= 15 is 0 Å². The Morgan fingerprint density at radius 3 is 2.59 bits per heavy atom. The summed E-state index contributed by atoms with van der Waals surface area (Å²) in [5.74, 6) is 0.432. The average Bonchev–Trinajstić information content (AvgIpc) is 2.96. The number of urea groups is 1. The van der Waals surface area contributed by atoms with Gasteiger partial charge in [0.1, 0.15) is 35.1 Å². The number of hydrogen-bond donors (Lipinski definition) is 2. The molecule has 2 heterocycles. The van der Waals surface area contributed by atoms with Crippen LogP contribution >= 0.6 is 0 Å². The largest absolute Gasteiger partial charge is 0.494 e. The molecule has 0 aromatic heterocycles. The maximum Gasteiger partial charge on any atom is 0.325 e. The summed E-state index contributed by atoms with van der Waals surface area (Å²) in [7, 11) is 0. The molecule has 4 rings (SSSR count). The first-order valence-electron chi connectivity index (χ1n) is 12.4. The lowest BCUT2D eigenvalue weighted by Crippen LogP contribution is -2.48. The van der Waals surface area contributed by atoms with Crippen molar-refractivity contribution in [3.05, 3.63) is 59.9 Å². The Hall–Kier alpha value is -3.21. The fraction of sp³-hybridized carbons (Fsp3) is 0.481. The molecule has 0 spiro atoms. The Labute approximate surface area is 216 Å². The summed E-state index contributed by atoms with van der Waals surface area (Å²) in [5, 5.41) is 13.7. The van der Waals surface area contributed by atoms with E-state index < -0.39 is 17.0 Å². The molecule has 0 saturated carbocycles. The van der Waals surface area contributed by atoms with E-state index in [0.717, 1.165) is 5.56 Å². The molecule has 37 heavy (non-hydrogen) atoms. The van der Waals surface area contributed by atoms with Crippen LogP contribution in [0.25, 0.3) is 0 Å². The summed E-state index contributed by atoms with van der Waals surface area (Å²) in [4.78, 5) is 27.5. The van der Waals surface area contributed by atoms with Gasteiger partial charge in [0.2, 0.25) is 0 Å². The SMILES string of the molecule is CC1(C)NC(=O)N(CCCOc2ccc(CN3CCOC[C@@](O)(COc4cccc(F)c4)C3)cc2)C1=O. The molecule has 9 nitrogen and oxygen atoms in total. The van der Waals surface area contributed by atoms with E-state index in [-0.39, 0.29) is 25.2 Å². The topological polar surface area (TPSA) is 101 Å². The van der Waals surface area contributed by atoms with Crippen molar-refractivity contribution in [3.63, 3.8) is 0 Å². The number of β-amino-alcohol motifs (C(OH)–C–C–N with tert-alkyl or cyclic N) is 1. The predicted octanol–water partition coefficient (Wildman–Crippen LogP) is 2.57. The molecule has 1 atom stereocenters. The van der Waals surface area contributed by atoms with Crippen LogP contribution in [0.5, 0.6) is 11.5 Å². The van der Waals surface area contributed by atoms with Crippen molar-refractivity contribution in [2.24, 2.45) is 0 Å². The van der Waals surface area contributed by atoms with Gasteiger partial charge in [0.15, 0.2) is 0 Å². The minimum absolute atomic E-state index is 0.0120. The monoisotopic (exact) mass is 515 g/mol. The van der Waals surface area contributed by atoms with Gasteiger partial charge in [-0.3, -0.25) is 14.6 Å². The number of benzene rings is 2. The van der Waals surface area contributed by atoms with Crippen LogP contribution in [-0.2, 0) is 16.1 Å². The molecule has 0 aliphatic carbocycles. The zero-order chi connectivity index (χ0) is 26.5. The van der Waals surface area contributed by atoms with Gasteiger partial charge in [-0.2, -0.15) is 0 Å². The van der Waals surface area contributed by atoms with Crippen molar-refractivity contribution in [1.82, 2.24) is 15.1 Å². The van der Waals surface area contributed by atoms with Gasteiger partial charge in [0.25, 0.3) is 5.91 Å². The van der Waals surface area contributed by atoms with Gasteiger partial charge in [-0.05, 0) is 50.1 Å². The van der Waals surface area contributed by atoms with Crippen molar-refractivity contribution in [3.8, 4) is 11.5 Å². The first-order valence-corrected chi connectivity index (χ1v) is 12.4. The Morgan fingerprint density at radius 2 is 1.89 bits per heavy atom. The molecule has 2 saturated heterocycles. The molecule has 2 fully saturated rings. The van der Waals surface area contributed by atoms with Crippen LogP contribution in [0.15, 0.2) is 48.5 Å². The number of nitrogens with one attached hydrogen (secondary N) is 1. The first-order chi connectivity index (χ1) is 17.6.